The molecular formula is C30H46N4O5. The van der Waals surface area contributed by atoms with Gasteiger partial charge in [-0.05, 0) is 63.6 Å². The zero-order chi connectivity index (χ0) is 29.0. The summed E-state index contributed by atoms with van der Waals surface area (Å²) in [6, 6.07) is 5.40. The van der Waals surface area contributed by atoms with E-state index in [-0.39, 0.29) is 24.8 Å². The third kappa shape index (κ3) is 10.7. The molecule has 0 bridgehead atoms. The van der Waals surface area contributed by atoms with E-state index in [2.05, 4.69) is 17.2 Å². The summed E-state index contributed by atoms with van der Waals surface area (Å²) in [6.07, 6.45) is 7.27. The zero-order valence-electron chi connectivity index (χ0n) is 24.0. The second-order valence-corrected chi connectivity index (χ2v) is 11.2. The predicted octanol–water partition coefficient (Wildman–Crippen LogP) is 4.61. The van der Waals surface area contributed by atoms with Crippen molar-refractivity contribution in [1.82, 2.24) is 15.5 Å². The lowest BCUT2D eigenvalue weighted by Gasteiger charge is -2.36. The third-order valence-corrected chi connectivity index (χ3v) is 6.68. The van der Waals surface area contributed by atoms with Crippen LogP contribution in [0.25, 0.3) is 6.08 Å². The van der Waals surface area contributed by atoms with E-state index in [1.807, 2.05) is 31.2 Å². The van der Waals surface area contributed by atoms with E-state index in [0.717, 1.165) is 44.1 Å². The Bertz CT molecular complexity index is 997. The topological polar surface area (TPSA) is 131 Å². The second-order valence-electron chi connectivity index (χ2n) is 11.2. The van der Waals surface area contributed by atoms with Crippen LogP contribution < -0.4 is 16.4 Å². The van der Waals surface area contributed by atoms with Crippen LogP contribution in [0.15, 0.2) is 30.8 Å². The summed E-state index contributed by atoms with van der Waals surface area (Å²) in [5, 5.41) is 5.81. The van der Waals surface area contributed by atoms with E-state index in [9.17, 15) is 19.2 Å². The van der Waals surface area contributed by atoms with E-state index < -0.39 is 35.6 Å². The summed E-state index contributed by atoms with van der Waals surface area (Å²) >= 11 is 0. The van der Waals surface area contributed by atoms with E-state index in [0.29, 0.717) is 18.5 Å². The molecule has 1 aliphatic rings. The van der Waals surface area contributed by atoms with Crippen LogP contribution in [0.4, 0.5) is 4.79 Å². The van der Waals surface area contributed by atoms with Gasteiger partial charge < -0.3 is 26.0 Å². The summed E-state index contributed by atoms with van der Waals surface area (Å²) in [5.74, 6) is -1.33. The molecule has 0 spiro atoms. The number of hydrogen-bond acceptors (Lipinski definition) is 5. The highest BCUT2D eigenvalue weighted by atomic mass is 16.6. The van der Waals surface area contributed by atoms with Crippen LogP contribution in [0.5, 0.6) is 0 Å². The monoisotopic (exact) mass is 542 g/mol. The minimum Gasteiger partial charge on any atom is -0.444 e. The highest BCUT2D eigenvalue weighted by Gasteiger charge is 2.37. The van der Waals surface area contributed by atoms with Gasteiger partial charge in [0.15, 0.2) is 0 Å². The predicted molar refractivity (Wildman–Crippen MR) is 152 cm³/mol. The number of carbonyl (C=O) groups excluding carboxylic acids is 4. The Labute approximate surface area is 232 Å². The minimum atomic E-state index is -1.10. The minimum absolute atomic E-state index is 0.0142. The first-order valence-corrected chi connectivity index (χ1v) is 14.1. The summed E-state index contributed by atoms with van der Waals surface area (Å²) in [4.78, 5) is 53.8. The summed E-state index contributed by atoms with van der Waals surface area (Å²) in [7, 11) is 0. The van der Waals surface area contributed by atoms with Crippen LogP contribution in [-0.4, -0.2) is 52.9 Å². The van der Waals surface area contributed by atoms with Crippen molar-refractivity contribution in [1.29, 1.82) is 0 Å². The molecule has 0 aliphatic heterocycles. The molecule has 4 amide bonds. The summed E-state index contributed by atoms with van der Waals surface area (Å²) < 4.78 is 5.38. The molecular weight excluding hydrogens is 496 g/mol. The van der Waals surface area contributed by atoms with Crippen LogP contribution >= 0.6 is 0 Å². The van der Waals surface area contributed by atoms with Gasteiger partial charge in [0.25, 0.3) is 0 Å². The van der Waals surface area contributed by atoms with Gasteiger partial charge in [-0.1, -0.05) is 63.5 Å². The first-order valence-electron chi connectivity index (χ1n) is 14.1. The summed E-state index contributed by atoms with van der Waals surface area (Å²) in [5.41, 5.74) is 6.07. The van der Waals surface area contributed by atoms with Crippen molar-refractivity contribution >= 4 is 29.9 Å². The number of benzene rings is 1. The molecule has 1 fully saturated rings. The number of nitrogens with one attached hydrogen (secondary N) is 2. The number of carbonyl (C=O) groups is 4. The van der Waals surface area contributed by atoms with Crippen molar-refractivity contribution < 1.29 is 23.9 Å². The zero-order valence-corrected chi connectivity index (χ0v) is 24.0. The van der Waals surface area contributed by atoms with Crippen LogP contribution in [0, 0.1) is 0 Å². The molecule has 1 saturated carbocycles. The Kier molecular flexibility index (Phi) is 12.5. The fourth-order valence-corrected chi connectivity index (χ4v) is 4.74. The van der Waals surface area contributed by atoms with Crippen LogP contribution in [0.1, 0.15) is 103 Å². The lowest BCUT2D eigenvalue weighted by Crippen LogP contribution is -2.54. The molecule has 1 aromatic carbocycles. The lowest BCUT2D eigenvalue weighted by atomic mass is 9.94. The SMILES string of the molecule is C=Cc1cccc(C(C(=O)NC2CCCCC2)N(CCCC)C(=O)C(CCC(N)=O)NC(=O)OC(C)(C)C)c1. The van der Waals surface area contributed by atoms with Crippen molar-refractivity contribution in [3.8, 4) is 0 Å². The first kappa shape index (κ1) is 31.9. The number of primary amides is 1. The maximum atomic E-state index is 14.1. The molecule has 1 aliphatic carbocycles. The molecule has 0 heterocycles. The van der Waals surface area contributed by atoms with Gasteiger partial charge in [0.1, 0.15) is 17.7 Å². The normalized spacial score (nSPS) is 15.5. The Morgan fingerprint density at radius 2 is 1.87 bits per heavy atom. The Hall–Kier alpha value is -3.36. The fraction of sp³-hybridized carbons (Fsp3) is 0.600. The fourth-order valence-electron chi connectivity index (χ4n) is 4.74. The molecule has 216 valence electrons. The van der Waals surface area contributed by atoms with Crippen molar-refractivity contribution in [2.45, 2.75) is 109 Å². The Morgan fingerprint density at radius 3 is 2.46 bits per heavy atom. The van der Waals surface area contributed by atoms with Crippen LogP contribution in [0.3, 0.4) is 0 Å². The molecule has 1 aromatic rings. The van der Waals surface area contributed by atoms with Gasteiger partial charge in [-0.15, -0.1) is 0 Å². The molecule has 0 radical (unpaired) electrons. The molecule has 4 N–H and O–H groups in total. The van der Waals surface area contributed by atoms with E-state index in [1.165, 1.54) is 4.90 Å². The number of hydrogen-bond donors (Lipinski definition) is 3. The van der Waals surface area contributed by atoms with E-state index in [1.54, 1.807) is 26.8 Å². The lowest BCUT2D eigenvalue weighted by molar-refractivity contribution is -0.143. The van der Waals surface area contributed by atoms with E-state index in [4.69, 9.17) is 10.5 Å². The average Bonchev–Trinajstić information content (AvgIpc) is 2.87. The molecule has 39 heavy (non-hydrogen) atoms. The number of unbranched alkanes of at least 4 members (excludes halogenated alkanes) is 1. The quantitative estimate of drug-likeness (QED) is 0.335. The van der Waals surface area contributed by atoms with E-state index >= 15 is 0 Å². The van der Waals surface area contributed by atoms with Gasteiger partial charge in [0.2, 0.25) is 17.7 Å². The highest BCUT2D eigenvalue weighted by Crippen LogP contribution is 2.27. The van der Waals surface area contributed by atoms with Crippen molar-refractivity contribution in [3.05, 3.63) is 42.0 Å². The molecule has 0 aromatic heterocycles. The average molecular weight is 543 g/mol. The maximum Gasteiger partial charge on any atom is 0.408 e. The molecule has 2 unspecified atom stereocenters. The first-order chi connectivity index (χ1) is 18.4. The van der Waals surface area contributed by atoms with Crippen LogP contribution in [0.2, 0.25) is 0 Å². The van der Waals surface area contributed by atoms with Gasteiger partial charge >= 0.3 is 6.09 Å². The second kappa shape index (κ2) is 15.3. The molecule has 0 saturated heterocycles. The molecule has 2 rings (SSSR count). The third-order valence-electron chi connectivity index (χ3n) is 6.68. The number of nitrogens with two attached hydrogens (primary N) is 1. The molecule has 9 heteroatoms. The standard InChI is InChI=1S/C30H46N4O5/c1-6-8-19-34(28(37)24(17-18-25(31)35)33-29(38)39-30(3,4)5)26(22-14-12-13-21(7-2)20-22)27(36)32-23-15-10-9-11-16-23/h7,12-14,20,23-24,26H,2,6,8-11,15-19H2,1,3-5H3,(H2,31,35)(H,32,36)(H,33,38). The smallest absolute Gasteiger partial charge is 0.408 e. The van der Waals surface area contributed by atoms with Gasteiger partial charge in [0.05, 0.1) is 0 Å². The number of amides is 4. The van der Waals surface area contributed by atoms with Crippen LogP contribution in [-0.2, 0) is 19.1 Å². The molecule has 2 atom stereocenters. The van der Waals surface area contributed by atoms with Gasteiger partial charge in [-0.25, -0.2) is 4.79 Å². The van der Waals surface area contributed by atoms with Gasteiger partial charge in [0, 0.05) is 19.0 Å². The van der Waals surface area contributed by atoms with Crippen molar-refractivity contribution in [2.75, 3.05) is 6.54 Å². The van der Waals surface area contributed by atoms with Gasteiger partial charge in [-0.3, -0.25) is 14.4 Å². The maximum absolute atomic E-state index is 14.1. The number of alkyl carbamates (subject to hydrolysis) is 1. The number of nitrogens with zero attached hydrogens (tertiary/aromatic N) is 1. The number of rotatable bonds is 13. The highest BCUT2D eigenvalue weighted by molar-refractivity contribution is 5.92. The summed E-state index contributed by atoms with van der Waals surface area (Å²) in [6.45, 7) is 11.3. The largest absolute Gasteiger partial charge is 0.444 e. The Morgan fingerprint density at radius 1 is 1.18 bits per heavy atom. The number of ether oxygens (including phenoxy) is 1. The molecule has 9 nitrogen and oxygen atoms in total. The van der Waals surface area contributed by atoms with Crippen molar-refractivity contribution in [2.24, 2.45) is 5.73 Å². The Balaban J connectivity index is 2.49. The van der Waals surface area contributed by atoms with Gasteiger partial charge in [-0.2, -0.15) is 0 Å². The van der Waals surface area contributed by atoms with Crippen molar-refractivity contribution in [3.63, 3.8) is 0 Å².